The molecule has 0 N–H and O–H groups in total. The van der Waals surface area contributed by atoms with Crippen LogP contribution in [0.4, 0.5) is 11.4 Å². The molecule has 1 aromatic carbocycles. The van der Waals surface area contributed by atoms with Crippen LogP contribution in [0.1, 0.15) is 12.0 Å². The topological polar surface area (TPSA) is 97.6 Å². The number of anilines is 1. The number of hydrogen-bond donors (Lipinski definition) is 0. The number of nitro groups is 1. The highest BCUT2D eigenvalue weighted by atomic mass is 35.7. The molecule has 1 saturated heterocycles. The molecule has 1 aliphatic heterocycles. The quantitative estimate of drug-likeness (QED) is 0.478. The van der Waals surface area contributed by atoms with Crippen LogP contribution in [0, 0.1) is 17.0 Å². The number of halogens is 1. The molecule has 7 nitrogen and oxygen atoms in total. The molecule has 1 atom stereocenters. The zero-order valence-electron chi connectivity index (χ0n) is 10.4. The molecule has 108 valence electrons. The molecule has 0 radical (unpaired) electrons. The summed E-state index contributed by atoms with van der Waals surface area (Å²) in [6.07, 6.45) is -0.214. The normalized spacial score (nSPS) is 19.4. The van der Waals surface area contributed by atoms with E-state index >= 15 is 0 Å². The van der Waals surface area contributed by atoms with E-state index in [2.05, 4.69) is 0 Å². The van der Waals surface area contributed by atoms with E-state index in [0.717, 1.165) is 0 Å². The van der Waals surface area contributed by atoms with E-state index in [9.17, 15) is 23.3 Å². The van der Waals surface area contributed by atoms with Gasteiger partial charge < -0.3 is 4.90 Å². The van der Waals surface area contributed by atoms with E-state index in [-0.39, 0.29) is 18.7 Å². The van der Waals surface area contributed by atoms with Gasteiger partial charge in [0.15, 0.2) is 0 Å². The minimum atomic E-state index is -3.84. The number of hydrogen-bond acceptors (Lipinski definition) is 5. The minimum Gasteiger partial charge on any atom is -0.310 e. The molecule has 0 bridgehead atoms. The second-order valence-electron chi connectivity index (χ2n) is 4.48. The molecule has 1 fully saturated rings. The second-order valence-corrected chi connectivity index (χ2v) is 7.39. The summed E-state index contributed by atoms with van der Waals surface area (Å²) in [5, 5.41) is 9.89. The Labute approximate surface area is 119 Å². The van der Waals surface area contributed by atoms with Gasteiger partial charge in [-0.05, 0) is 13.0 Å². The molecule has 0 aromatic heterocycles. The molecule has 1 aromatic rings. The van der Waals surface area contributed by atoms with Crippen molar-refractivity contribution in [2.75, 3.05) is 11.4 Å². The maximum Gasteiger partial charge on any atom is 0.274 e. The first kappa shape index (κ1) is 14.7. The van der Waals surface area contributed by atoms with Crippen LogP contribution < -0.4 is 4.90 Å². The fourth-order valence-corrected chi connectivity index (χ4v) is 3.22. The molecule has 0 aliphatic carbocycles. The number of amides is 1. The second kappa shape index (κ2) is 5.02. The number of carbonyl (C=O) groups is 1. The van der Waals surface area contributed by atoms with Crippen LogP contribution in [-0.4, -0.2) is 31.0 Å². The van der Waals surface area contributed by atoms with E-state index < -0.39 is 25.1 Å². The number of nitro benzene ring substituents is 1. The molecule has 0 spiro atoms. The molecule has 1 aliphatic rings. The van der Waals surface area contributed by atoms with Crippen LogP contribution in [0.25, 0.3) is 0 Å². The Hall–Kier alpha value is -1.67. The smallest absolute Gasteiger partial charge is 0.274 e. The maximum atomic E-state index is 11.9. The van der Waals surface area contributed by atoms with E-state index in [1.807, 2.05) is 0 Å². The average Bonchev–Trinajstić information content (AvgIpc) is 2.71. The molecule has 9 heteroatoms. The maximum absolute atomic E-state index is 11.9. The van der Waals surface area contributed by atoms with Crippen LogP contribution in [0.3, 0.4) is 0 Å². The van der Waals surface area contributed by atoms with Gasteiger partial charge in [-0.3, -0.25) is 14.9 Å². The summed E-state index contributed by atoms with van der Waals surface area (Å²) in [6, 6.07) is 4.33. The number of rotatable bonds is 3. The highest BCUT2D eigenvalue weighted by Gasteiger charge is 2.39. The fourth-order valence-electron chi connectivity index (χ4n) is 2.20. The first-order valence-corrected chi connectivity index (χ1v) is 8.07. The minimum absolute atomic E-state index is 0.0906. The molecule has 0 saturated carbocycles. The molecule has 1 unspecified atom stereocenters. The van der Waals surface area contributed by atoms with Gasteiger partial charge in [0.05, 0.1) is 16.2 Å². The Morgan fingerprint density at radius 3 is 2.60 bits per heavy atom. The predicted molar refractivity (Wildman–Crippen MR) is 73.4 cm³/mol. The molecule has 1 amide bonds. The van der Waals surface area contributed by atoms with Gasteiger partial charge in [-0.1, -0.05) is 6.07 Å². The van der Waals surface area contributed by atoms with Gasteiger partial charge in [0.1, 0.15) is 5.25 Å². The Balaban J connectivity index is 2.41. The standard InChI is InChI=1S/C11H11ClN2O5S/c1-7-9(3-2-4-10(7)14(16)17)13-6-8(5-11(13)15)20(12,18)19/h2-4,8H,5-6H2,1H3. The SMILES string of the molecule is Cc1c(N2CC(S(=O)(=O)Cl)CC2=O)cccc1[N+](=O)[O-]. The van der Waals surface area contributed by atoms with Gasteiger partial charge in [0, 0.05) is 29.7 Å². The summed E-state index contributed by atoms with van der Waals surface area (Å²) in [6.45, 7) is 1.43. The van der Waals surface area contributed by atoms with Crippen molar-refractivity contribution in [1.82, 2.24) is 0 Å². The van der Waals surface area contributed by atoms with Crippen molar-refractivity contribution < 1.29 is 18.1 Å². The number of carbonyl (C=O) groups excluding carboxylic acids is 1. The largest absolute Gasteiger partial charge is 0.310 e. The lowest BCUT2D eigenvalue weighted by Crippen LogP contribution is -2.27. The van der Waals surface area contributed by atoms with Crippen LogP contribution in [0.15, 0.2) is 18.2 Å². The fraction of sp³-hybridized carbons (Fsp3) is 0.364. The van der Waals surface area contributed by atoms with Gasteiger partial charge in [0.2, 0.25) is 15.0 Å². The van der Waals surface area contributed by atoms with E-state index in [0.29, 0.717) is 11.3 Å². The van der Waals surface area contributed by atoms with Gasteiger partial charge in [-0.2, -0.15) is 0 Å². The molecular weight excluding hydrogens is 308 g/mol. The summed E-state index contributed by atoms with van der Waals surface area (Å²) in [4.78, 5) is 23.5. The summed E-state index contributed by atoms with van der Waals surface area (Å²) in [5.74, 6) is -0.414. The van der Waals surface area contributed by atoms with Crippen LogP contribution in [-0.2, 0) is 13.8 Å². The average molecular weight is 319 g/mol. The lowest BCUT2D eigenvalue weighted by Gasteiger charge is -2.18. The number of benzene rings is 1. The van der Waals surface area contributed by atoms with Gasteiger partial charge in [0.25, 0.3) is 5.69 Å². The summed E-state index contributed by atoms with van der Waals surface area (Å²) in [7, 11) is 1.42. The van der Waals surface area contributed by atoms with E-state index in [1.54, 1.807) is 6.07 Å². The lowest BCUT2D eigenvalue weighted by atomic mass is 10.1. The van der Waals surface area contributed by atoms with Gasteiger partial charge in [-0.15, -0.1) is 0 Å². The van der Waals surface area contributed by atoms with Crippen molar-refractivity contribution in [2.45, 2.75) is 18.6 Å². The number of nitrogens with zero attached hydrogens (tertiary/aromatic N) is 2. The van der Waals surface area contributed by atoms with Gasteiger partial charge in [-0.25, -0.2) is 8.42 Å². The molecule has 20 heavy (non-hydrogen) atoms. The van der Waals surface area contributed by atoms with Crippen molar-refractivity contribution in [3.8, 4) is 0 Å². The molecule has 2 rings (SSSR count). The molecule has 1 heterocycles. The Morgan fingerprint density at radius 1 is 1.45 bits per heavy atom. The Bertz CT molecular complexity index is 688. The lowest BCUT2D eigenvalue weighted by molar-refractivity contribution is -0.385. The first-order chi connectivity index (χ1) is 9.21. The van der Waals surface area contributed by atoms with Crippen LogP contribution in [0.2, 0.25) is 0 Å². The summed E-state index contributed by atoms with van der Waals surface area (Å²) < 4.78 is 22.6. The summed E-state index contributed by atoms with van der Waals surface area (Å²) >= 11 is 0. The third-order valence-corrected chi connectivity index (χ3v) is 5.12. The molecular formula is C11H11ClN2O5S. The Kier molecular flexibility index (Phi) is 3.70. The van der Waals surface area contributed by atoms with Crippen molar-refractivity contribution >= 4 is 37.0 Å². The van der Waals surface area contributed by atoms with Crippen LogP contribution >= 0.6 is 10.7 Å². The van der Waals surface area contributed by atoms with Crippen molar-refractivity contribution in [2.24, 2.45) is 0 Å². The zero-order valence-corrected chi connectivity index (χ0v) is 12.0. The first-order valence-electron chi connectivity index (χ1n) is 5.69. The van der Waals surface area contributed by atoms with Gasteiger partial charge >= 0.3 is 0 Å². The van der Waals surface area contributed by atoms with Crippen molar-refractivity contribution in [1.29, 1.82) is 0 Å². The van der Waals surface area contributed by atoms with E-state index in [1.165, 1.54) is 24.0 Å². The van der Waals surface area contributed by atoms with E-state index in [4.69, 9.17) is 10.7 Å². The van der Waals surface area contributed by atoms with Crippen molar-refractivity contribution in [3.63, 3.8) is 0 Å². The third kappa shape index (κ3) is 2.61. The zero-order chi connectivity index (χ0) is 15.1. The monoisotopic (exact) mass is 318 g/mol. The summed E-state index contributed by atoms with van der Waals surface area (Å²) in [5.41, 5.74) is 0.540. The predicted octanol–water partition coefficient (Wildman–Crippen LogP) is 1.58. The highest BCUT2D eigenvalue weighted by molar-refractivity contribution is 8.14. The van der Waals surface area contributed by atoms with Crippen LogP contribution in [0.5, 0.6) is 0 Å². The Morgan fingerprint density at radius 2 is 2.10 bits per heavy atom. The highest BCUT2D eigenvalue weighted by Crippen LogP contribution is 2.32. The third-order valence-electron chi connectivity index (χ3n) is 3.25. The van der Waals surface area contributed by atoms with Crippen molar-refractivity contribution in [3.05, 3.63) is 33.9 Å².